The molecule has 1 aliphatic heterocycles. The molecule has 2 heteroatoms. The van der Waals surface area contributed by atoms with Gasteiger partial charge >= 0.3 is 0 Å². The molecule has 1 N–H and O–H groups in total. The minimum absolute atomic E-state index is 0.0125. The van der Waals surface area contributed by atoms with Gasteiger partial charge in [0.1, 0.15) is 17.1 Å². The number of rotatable bonds is 0. The Balaban J connectivity index is 0.000000149. The first-order valence-corrected chi connectivity index (χ1v) is 6.09. The van der Waals surface area contributed by atoms with E-state index in [2.05, 4.69) is 26.0 Å². The van der Waals surface area contributed by atoms with E-state index < -0.39 is 0 Å². The third-order valence-corrected chi connectivity index (χ3v) is 2.76. The fraction of sp³-hybridized carbons (Fsp3) is 0.250. The Morgan fingerprint density at radius 1 is 1.17 bits per heavy atom. The van der Waals surface area contributed by atoms with Crippen molar-refractivity contribution >= 4 is 0 Å². The lowest BCUT2D eigenvalue weighted by molar-refractivity contribution is 0.0362. The van der Waals surface area contributed by atoms with Crippen LogP contribution in [0.3, 0.4) is 0 Å². The second-order valence-corrected chi connectivity index (χ2v) is 4.95. The molecule has 2 aliphatic rings. The largest absolute Gasteiger partial charge is 0.508 e. The summed E-state index contributed by atoms with van der Waals surface area (Å²) in [6.07, 6.45) is 9.38. The summed E-state index contributed by atoms with van der Waals surface area (Å²) in [4.78, 5) is 0. The molecule has 18 heavy (non-hydrogen) atoms. The smallest absolute Gasteiger partial charge is 0.127 e. The van der Waals surface area contributed by atoms with Crippen molar-refractivity contribution < 1.29 is 9.84 Å². The Labute approximate surface area is 108 Å². The molecule has 0 bridgehead atoms. The van der Waals surface area contributed by atoms with E-state index in [4.69, 9.17) is 9.84 Å². The van der Waals surface area contributed by atoms with Gasteiger partial charge in [0.2, 0.25) is 0 Å². The Morgan fingerprint density at radius 2 is 1.89 bits per heavy atom. The first-order chi connectivity index (χ1) is 8.57. The van der Waals surface area contributed by atoms with Gasteiger partial charge in [-0.05, 0) is 32.1 Å². The van der Waals surface area contributed by atoms with Crippen LogP contribution in [-0.2, 0) is 4.74 Å². The third-order valence-electron chi connectivity index (χ3n) is 2.76. The normalized spacial score (nSPS) is 18.8. The Bertz CT molecular complexity index is 493. The average molecular weight is 242 g/mol. The lowest BCUT2D eigenvalue weighted by Gasteiger charge is -2.30. The zero-order valence-electron chi connectivity index (χ0n) is 10.8. The number of phenols is 1. The SMILES string of the molecule is CC1(C)CC=C2C=CC=C2O1.Oc1ccccc1. The lowest BCUT2D eigenvalue weighted by atomic mass is 9.99. The molecule has 1 aromatic rings. The minimum Gasteiger partial charge on any atom is -0.508 e. The summed E-state index contributed by atoms with van der Waals surface area (Å²) in [6, 6.07) is 8.71. The van der Waals surface area contributed by atoms with Crippen LogP contribution in [0.2, 0.25) is 0 Å². The van der Waals surface area contributed by atoms with E-state index >= 15 is 0 Å². The first kappa shape index (κ1) is 12.5. The van der Waals surface area contributed by atoms with Crippen LogP contribution < -0.4 is 0 Å². The van der Waals surface area contributed by atoms with Gasteiger partial charge in [-0.15, -0.1) is 0 Å². The molecular formula is C16H18O2. The molecule has 3 rings (SSSR count). The Hall–Kier alpha value is -1.96. The maximum atomic E-state index is 8.63. The zero-order chi connectivity index (χ0) is 13.0. The summed E-state index contributed by atoms with van der Waals surface area (Å²) < 4.78 is 5.73. The van der Waals surface area contributed by atoms with Crippen molar-refractivity contribution in [2.45, 2.75) is 25.9 Å². The number of phenolic OH excluding ortho intramolecular Hbond substituents is 1. The highest BCUT2D eigenvalue weighted by Gasteiger charge is 2.26. The van der Waals surface area contributed by atoms with Crippen LogP contribution in [0.1, 0.15) is 20.3 Å². The number of fused-ring (bicyclic) bond motifs is 1. The summed E-state index contributed by atoms with van der Waals surface area (Å²) in [5.74, 6) is 1.35. The Morgan fingerprint density at radius 3 is 2.50 bits per heavy atom. The first-order valence-electron chi connectivity index (χ1n) is 6.09. The molecule has 94 valence electrons. The molecule has 0 saturated heterocycles. The van der Waals surface area contributed by atoms with Crippen molar-refractivity contribution in [1.29, 1.82) is 0 Å². The summed E-state index contributed by atoms with van der Waals surface area (Å²) >= 11 is 0. The van der Waals surface area contributed by atoms with Crippen molar-refractivity contribution in [3.8, 4) is 5.75 Å². The van der Waals surface area contributed by atoms with E-state index in [1.165, 1.54) is 5.57 Å². The number of hydrogen-bond donors (Lipinski definition) is 1. The second-order valence-electron chi connectivity index (χ2n) is 4.95. The van der Waals surface area contributed by atoms with E-state index in [1.54, 1.807) is 24.3 Å². The number of benzene rings is 1. The van der Waals surface area contributed by atoms with Crippen molar-refractivity contribution in [2.75, 3.05) is 0 Å². The summed E-state index contributed by atoms with van der Waals surface area (Å²) in [5.41, 5.74) is 1.23. The number of hydrogen-bond acceptors (Lipinski definition) is 2. The van der Waals surface area contributed by atoms with Crippen LogP contribution in [0.5, 0.6) is 5.75 Å². The molecule has 0 atom stereocenters. The molecule has 0 radical (unpaired) electrons. The van der Waals surface area contributed by atoms with E-state index in [0.717, 1.165) is 12.2 Å². The summed E-state index contributed by atoms with van der Waals surface area (Å²) in [6.45, 7) is 4.22. The predicted octanol–water partition coefficient (Wildman–Crippen LogP) is 3.96. The van der Waals surface area contributed by atoms with E-state index in [9.17, 15) is 0 Å². The standard InChI is InChI=1S/C10H12O.C6H6O/c1-10(2)7-6-8-4-3-5-9(8)11-10;7-6-4-2-1-3-5-6/h3-6H,7H2,1-2H3;1-5,7H. The minimum atomic E-state index is -0.0125. The summed E-state index contributed by atoms with van der Waals surface area (Å²) in [7, 11) is 0. The molecule has 2 nitrogen and oxygen atoms in total. The number of ether oxygens (including phenoxy) is 1. The lowest BCUT2D eigenvalue weighted by Crippen LogP contribution is -2.26. The molecule has 0 saturated carbocycles. The van der Waals surface area contributed by atoms with Gasteiger partial charge in [-0.1, -0.05) is 36.4 Å². The van der Waals surface area contributed by atoms with Gasteiger partial charge in [-0.2, -0.15) is 0 Å². The summed E-state index contributed by atoms with van der Waals surface area (Å²) in [5, 5.41) is 8.63. The zero-order valence-corrected chi connectivity index (χ0v) is 10.8. The van der Waals surface area contributed by atoms with Gasteiger partial charge in [0.05, 0.1) is 0 Å². The quantitative estimate of drug-likeness (QED) is 0.746. The molecule has 1 aromatic carbocycles. The third kappa shape index (κ3) is 3.27. The molecule has 0 unspecified atom stereocenters. The fourth-order valence-electron chi connectivity index (χ4n) is 1.80. The molecular weight excluding hydrogens is 224 g/mol. The maximum absolute atomic E-state index is 8.63. The number of para-hydroxylation sites is 1. The molecule has 0 aromatic heterocycles. The number of aromatic hydroxyl groups is 1. The van der Waals surface area contributed by atoms with E-state index in [0.29, 0.717) is 5.75 Å². The predicted molar refractivity (Wildman–Crippen MR) is 73.2 cm³/mol. The fourth-order valence-corrected chi connectivity index (χ4v) is 1.80. The monoisotopic (exact) mass is 242 g/mol. The van der Waals surface area contributed by atoms with Crippen LogP contribution in [-0.4, -0.2) is 10.7 Å². The molecule has 1 aliphatic carbocycles. The van der Waals surface area contributed by atoms with Crippen molar-refractivity contribution in [3.05, 3.63) is 66.0 Å². The van der Waals surface area contributed by atoms with Crippen molar-refractivity contribution in [1.82, 2.24) is 0 Å². The van der Waals surface area contributed by atoms with Gasteiger partial charge in [-0.3, -0.25) is 0 Å². The van der Waals surface area contributed by atoms with Crippen LogP contribution in [0.25, 0.3) is 0 Å². The van der Waals surface area contributed by atoms with Crippen LogP contribution in [0, 0.1) is 0 Å². The molecule has 1 heterocycles. The topological polar surface area (TPSA) is 29.5 Å². The highest BCUT2D eigenvalue weighted by Crippen LogP contribution is 2.32. The van der Waals surface area contributed by atoms with Crippen molar-refractivity contribution in [2.24, 2.45) is 0 Å². The van der Waals surface area contributed by atoms with Crippen LogP contribution in [0.4, 0.5) is 0 Å². The van der Waals surface area contributed by atoms with Gasteiger partial charge in [-0.25, -0.2) is 0 Å². The van der Waals surface area contributed by atoms with Gasteiger partial charge in [0, 0.05) is 12.0 Å². The molecule has 0 amide bonds. The van der Waals surface area contributed by atoms with Gasteiger partial charge in [0.25, 0.3) is 0 Å². The highest BCUT2D eigenvalue weighted by molar-refractivity contribution is 5.46. The van der Waals surface area contributed by atoms with Crippen LogP contribution >= 0.6 is 0 Å². The Kier molecular flexibility index (Phi) is 3.56. The van der Waals surface area contributed by atoms with Gasteiger partial charge in [0.15, 0.2) is 0 Å². The van der Waals surface area contributed by atoms with E-state index in [1.807, 2.05) is 18.2 Å². The average Bonchev–Trinajstić information content (AvgIpc) is 2.76. The second kappa shape index (κ2) is 5.13. The molecule has 0 fully saturated rings. The van der Waals surface area contributed by atoms with Crippen molar-refractivity contribution in [3.63, 3.8) is 0 Å². The highest BCUT2D eigenvalue weighted by atomic mass is 16.5. The molecule has 0 spiro atoms. The number of allylic oxidation sites excluding steroid dienone is 3. The van der Waals surface area contributed by atoms with E-state index in [-0.39, 0.29) is 5.60 Å². The van der Waals surface area contributed by atoms with Gasteiger partial charge < -0.3 is 9.84 Å². The van der Waals surface area contributed by atoms with Crippen LogP contribution in [0.15, 0.2) is 66.0 Å². The maximum Gasteiger partial charge on any atom is 0.127 e.